The first-order valence-corrected chi connectivity index (χ1v) is 7.37. The summed E-state index contributed by atoms with van der Waals surface area (Å²) in [7, 11) is 1.55. The third-order valence-corrected chi connectivity index (χ3v) is 3.73. The molecule has 0 aromatic heterocycles. The van der Waals surface area contributed by atoms with Gasteiger partial charge in [0.15, 0.2) is 11.5 Å². The highest BCUT2D eigenvalue weighted by atomic mass is 35.5. The summed E-state index contributed by atoms with van der Waals surface area (Å²) >= 11 is 0. The Labute approximate surface area is 139 Å². The predicted molar refractivity (Wildman–Crippen MR) is 91.2 cm³/mol. The second-order valence-electron chi connectivity index (χ2n) is 5.05. The van der Waals surface area contributed by atoms with E-state index in [1.807, 2.05) is 20.8 Å². The maximum absolute atomic E-state index is 12.2. The van der Waals surface area contributed by atoms with Crippen molar-refractivity contribution < 1.29 is 14.3 Å². The topological polar surface area (TPSA) is 73.6 Å². The van der Waals surface area contributed by atoms with Crippen LogP contribution < -0.4 is 20.5 Å². The third kappa shape index (κ3) is 5.39. The highest BCUT2D eigenvalue weighted by Crippen LogP contribution is 2.28. The van der Waals surface area contributed by atoms with E-state index in [4.69, 9.17) is 15.2 Å². The van der Waals surface area contributed by atoms with Crippen LogP contribution >= 0.6 is 12.4 Å². The number of benzene rings is 1. The van der Waals surface area contributed by atoms with Crippen molar-refractivity contribution in [3.63, 3.8) is 0 Å². The van der Waals surface area contributed by atoms with Gasteiger partial charge in [-0.15, -0.1) is 12.4 Å². The van der Waals surface area contributed by atoms with Gasteiger partial charge in [0.05, 0.1) is 13.7 Å². The molecule has 1 aromatic carbocycles. The molecule has 5 nitrogen and oxygen atoms in total. The summed E-state index contributed by atoms with van der Waals surface area (Å²) in [5.41, 5.74) is 6.36. The molecule has 1 rings (SSSR count). The van der Waals surface area contributed by atoms with E-state index in [0.717, 1.165) is 12.8 Å². The molecule has 0 bridgehead atoms. The number of hydrogen-bond acceptors (Lipinski definition) is 4. The number of nitrogens with one attached hydrogen (secondary N) is 1. The molecule has 126 valence electrons. The van der Waals surface area contributed by atoms with Gasteiger partial charge >= 0.3 is 0 Å². The quantitative estimate of drug-likeness (QED) is 0.768. The SMILES string of the molecule is CCOc1ccc(C(=O)NCC(N)(CC)CC)cc1OC.Cl. The van der Waals surface area contributed by atoms with Crippen LogP contribution in [-0.4, -0.2) is 31.7 Å². The molecule has 0 aliphatic carbocycles. The van der Waals surface area contributed by atoms with Crippen LogP contribution in [0.15, 0.2) is 18.2 Å². The first-order chi connectivity index (χ1) is 9.99. The molecule has 0 aliphatic rings. The zero-order valence-electron chi connectivity index (χ0n) is 13.8. The molecule has 1 aromatic rings. The second-order valence-corrected chi connectivity index (χ2v) is 5.05. The molecule has 0 atom stereocenters. The van der Waals surface area contributed by atoms with E-state index in [1.165, 1.54) is 0 Å². The Morgan fingerprint density at radius 1 is 1.23 bits per heavy atom. The average Bonchev–Trinajstić information content (AvgIpc) is 2.52. The average molecular weight is 331 g/mol. The number of ether oxygens (including phenoxy) is 2. The van der Waals surface area contributed by atoms with Crippen molar-refractivity contribution in [1.82, 2.24) is 5.32 Å². The van der Waals surface area contributed by atoms with Crippen LogP contribution in [0.3, 0.4) is 0 Å². The van der Waals surface area contributed by atoms with Crippen LogP contribution in [-0.2, 0) is 0 Å². The van der Waals surface area contributed by atoms with Gasteiger partial charge in [-0.25, -0.2) is 0 Å². The molecule has 0 heterocycles. The smallest absolute Gasteiger partial charge is 0.251 e. The van der Waals surface area contributed by atoms with E-state index in [1.54, 1.807) is 25.3 Å². The number of hydrogen-bond donors (Lipinski definition) is 2. The van der Waals surface area contributed by atoms with Crippen molar-refractivity contribution in [3.05, 3.63) is 23.8 Å². The third-order valence-electron chi connectivity index (χ3n) is 3.73. The fraction of sp³-hybridized carbons (Fsp3) is 0.562. The Hall–Kier alpha value is -1.46. The molecule has 0 saturated heterocycles. The highest BCUT2D eigenvalue weighted by molar-refractivity contribution is 5.94. The molecule has 22 heavy (non-hydrogen) atoms. The molecular weight excluding hydrogens is 304 g/mol. The van der Waals surface area contributed by atoms with E-state index in [9.17, 15) is 4.79 Å². The summed E-state index contributed by atoms with van der Waals surface area (Å²) in [6.07, 6.45) is 1.63. The normalized spacial score (nSPS) is 10.6. The van der Waals surface area contributed by atoms with E-state index >= 15 is 0 Å². The summed E-state index contributed by atoms with van der Waals surface area (Å²) in [6.45, 7) is 6.94. The summed E-state index contributed by atoms with van der Waals surface area (Å²) in [4.78, 5) is 12.2. The van der Waals surface area contributed by atoms with Crippen molar-refractivity contribution >= 4 is 18.3 Å². The first kappa shape index (κ1) is 20.5. The molecule has 1 amide bonds. The van der Waals surface area contributed by atoms with Gasteiger partial charge in [0.25, 0.3) is 5.91 Å². The Balaban J connectivity index is 0.00000441. The molecule has 0 spiro atoms. The maximum atomic E-state index is 12.2. The lowest BCUT2D eigenvalue weighted by Crippen LogP contribution is -2.49. The predicted octanol–water partition coefficient (Wildman–Crippen LogP) is 2.76. The summed E-state index contributed by atoms with van der Waals surface area (Å²) < 4.78 is 10.7. The number of halogens is 1. The second kappa shape index (κ2) is 9.54. The van der Waals surface area contributed by atoms with Crippen molar-refractivity contribution in [2.24, 2.45) is 5.73 Å². The van der Waals surface area contributed by atoms with Gasteiger partial charge in [0, 0.05) is 17.6 Å². The molecule has 6 heteroatoms. The van der Waals surface area contributed by atoms with Gasteiger partial charge in [-0.2, -0.15) is 0 Å². The first-order valence-electron chi connectivity index (χ1n) is 7.37. The molecule has 0 radical (unpaired) electrons. The van der Waals surface area contributed by atoms with E-state index in [-0.39, 0.29) is 23.9 Å². The Bertz CT molecular complexity index is 476. The molecule has 0 unspecified atom stereocenters. The minimum atomic E-state index is -0.356. The van der Waals surface area contributed by atoms with Gasteiger partial charge in [-0.1, -0.05) is 13.8 Å². The van der Waals surface area contributed by atoms with E-state index in [2.05, 4.69) is 5.32 Å². The van der Waals surface area contributed by atoms with Crippen LogP contribution in [0, 0.1) is 0 Å². The number of rotatable bonds is 8. The molecule has 0 fully saturated rings. The molecular formula is C16H27ClN2O3. The van der Waals surface area contributed by atoms with Crippen molar-refractivity contribution in [1.29, 1.82) is 0 Å². The van der Waals surface area contributed by atoms with Crippen LogP contribution in [0.1, 0.15) is 44.0 Å². The van der Waals surface area contributed by atoms with Crippen molar-refractivity contribution in [2.75, 3.05) is 20.3 Å². The van der Waals surface area contributed by atoms with Gasteiger partial charge in [0.1, 0.15) is 0 Å². The number of amides is 1. The van der Waals surface area contributed by atoms with Crippen LogP contribution in [0.2, 0.25) is 0 Å². The lowest BCUT2D eigenvalue weighted by atomic mass is 9.94. The van der Waals surface area contributed by atoms with E-state index < -0.39 is 0 Å². The van der Waals surface area contributed by atoms with Crippen LogP contribution in [0.4, 0.5) is 0 Å². The van der Waals surface area contributed by atoms with Gasteiger partial charge in [0.2, 0.25) is 0 Å². The largest absolute Gasteiger partial charge is 0.493 e. The Morgan fingerprint density at radius 2 is 1.86 bits per heavy atom. The fourth-order valence-corrected chi connectivity index (χ4v) is 1.94. The summed E-state index contributed by atoms with van der Waals surface area (Å²) in [5, 5.41) is 2.88. The lowest BCUT2D eigenvalue weighted by Gasteiger charge is -2.26. The van der Waals surface area contributed by atoms with Gasteiger partial charge in [-0.3, -0.25) is 4.79 Å². The summed E-state index contributed by atoms with van der Waals surface area (Å²) in [5.74, 6) is 1.02. The number of carbonyl (C=O) groups is 1. The number of carbonyl (C=O) groups excluding carboxylic acids is 1. The Morgan fingerprint density at radius 3 is 2.36 bits per heavy atom. The molecule has 0 saturated carbocycles. The summed E-state index contributed by atoms with van der Waals surface area (Å²) in [6, 6.07) is 5.14. The van der Waals surface area contributed by atoms with Gasteiger partial charge < -0.3 is 20.5 Å². The number of nitrogens with two attached hydrogens (primary N) is 1. The zero-order chi connectivity index (χ0) is 15.9. The minimum Gasteiger partial charge on any atom is -0.493 e. The van der Waals surface area contributed by atoms with Crippen LogP contribution in [0.5, 0.6) is 11.5 Å². The van der Waals surface area contributed by atoms with Crippen LogP contribution in [0.25, 0.3) is 0 Å². The Kier molecular flexibility index (Phi) is 8.90. The monoisotopic (exact) mass is 330 g/mol. The number of methoxy groups -OCH3 is 1. The lowest BCUT2D eigenvalue weighted by molar-refractivity contribution is 0.0941. The van der Waals surface area contributed by atoms with Crippen molar-refractivity contribution in [3.8, 4) is 11.5 Å². The standard InChI is InChI=1S/C16H26N2O3.ClH/c1-5-16(17,6-2)11-18-15(19)12-8-9-13(21-7-3)14(10-12)20-4;/h8-10H,5-7,11,17H2,1-4H3,(H,18,19);1H. The minimum absolute atomic E-state index is 0. The van der Waals surface area contributed by atoms with E-state index in [0.29, 0.717) is 30.2 Å². The fourth-order valence-electron chi connectivity index (χ4n) is 1.94. The highest BCUT2D eigenvalue weighted by Gasteiger charge is 2.21. The zero-order valence-corrected chi connectivity index (χ0v) is 14.6. The maximum Gasteiger partial charge on any atom is 0.251 e. The van der Waals surface area contributed by atoms with Gasteiger partial charge in [-0.05, 0) is 38.0 Å². The van der Waals surface area contributed by atoms with Crippen molar-refractivity contribution in [2.45, 2.75) is 39.2 Å². The molecule has 3 N–H and O–H groups in total. The molecule has 0 aliphatic heterocycles.